The van der Waals surface area contributed by atoms with Crippen LogP contribution in [0.4, 0.5) is 10.5 Å². The molecule has 0 bridgehead atoms. The van der Waals surface area contributed by atoms with Gasteiger partial charge in [-0.1, -0.05) is 6.07 Å². The molecule has 25 heavy (non-hydrogen) atoms. The van der Waals surface area contributed by atoms with E-state index in [0.29, 0.717) is 6.04 Å². The molecular formula is C20H31IN2O2. The summed E-state index contributed by atoms with van der Waals surface area (Å²) in [5, 5.41) is 3.62. The molecule has 1 aliphatic rings. The molecule has 0 radical (unpaired) electrons. The summed E-state index contributed by atoms with van der Waals surface area (Å²) in [6.45, 7) is 10.9. The second-order valence-electron chi connectivity index (χ2n) is 8.02. The number of amides is 1. The van der Waals surface area contributed by atoms with E-state index in [-0.39, 0.29) is 12.1 Å². The quantitative estimate of drug-likeness (QED) is 0.599. The Balaban J connectivity index is 2.00. The maximum absolute atomic E-state index is 12.5. The van der Waals surface area contributed by atoms with Crippen LogP contribution < -0.4 is 5.32 Å². The average molecular weight is 458 g/mol. The number of benzene rings is 1. The second-order valence-corrected chi connectivity index (χ2v) is 9.18. The van der Waals surface area contributed by atoms with Crippen molar-refractivity contribution in [3.63, 3.8) is 0 Å². The summed E-state index contributed by atoms with van der Waals surface area (Å²) in [4.78, 5) is 14.5. The highest BCUT2D eigenvalue weighted by molar-refractivity contribution is 14.1. The molecule has 0 aliphatic carbocycles. The van der Waals surface area contributed by atoms with Crippen molar-refractivity contribution in [3.8, 4) is 0 Å². The van der Waals surface area contributed by atoms with Crippen molar-refractivity contribution in [1.82, 2.24) is 4.90 Å². The fraction of sp³-hybridized carbons (Fsp3) is 0.650. The van der Waals surface area contributed by atoms with Crippen LogP contribution in [0.25, 0.3) is 0 Å². The highest BCUT2D eigenvalue weighted by atomic mass is 127. The maximum atomic E-state index is 12.5. The summed E-state index contributed by atoms with van der Waals surface area (Å²) in [7, 11) is 0. The Bertz CT molecular complexity index is 598. The lowest BCUT2D eigenvalue weighted by atomic mass is 9.96. The molecule has 2 rings (SSSR count). The van der Waals surface area contributed by atoms with Crippen LogP contribution in [0.1, 0.15) is 58.9 Å². The van der Waals surface area contributed by atoms with Crippen molar-refractivity contribution in [3.05, 3.63) is 27.3 Å². The fourth-order valence-electron chi connectivity index (χ4n) is 3.30. The highest BCUT2D eigenvalue weighted by Crippen LogP contribution is 2.26. The van der Waals surface area contributed by atoms with Gasteiger partial charge in [-0.2, -0.15) is 0 Å². The average Bonchev–Trinajstić information content (AvgIpc) is 2.50. The number of piperidine rings is 1. The smallest absolute Gasteiger partial charge is 0.410 e. The number of hydrogen-bond donors (Lipinski definition) is 1. The van der Waals surface area contributed by atoms with E-state index < -0.39 is 5.60 Å². The number of anilines is 1. The fourth-order valence-corrected chi connectivity index (χ4v) is 3.80. The summed E-state index contributed by atoms with van der Waals surface area (Å²) in [5.41, 5.74) is 2.02. The molecule has 1 fully saturated rings. The molecule has 2 unspecified atom stereocenters. The van der Waals surface area contributed by atoms with E-state index in [1.165, 1.54) is 21.2 Å². The van der Waals surface area contributed by atoms with Gasteiger partial charge in [0.1, 0.15) is 5.60 Å². The third-order valence-electron chi connectivity index (χ3n) is 4.55. The standard InChI is InChI=1S/C20H31IN2O2/c1-14(22-18-11-8-10-17(21)15(18)2)13-16-9-6-7-12-23(16)19(24)25-20(3,4)5/h8,10-11,14,16,22H,6-7,9,12-13H2,1-5H3. The van der Waals surface area contributed by atoms with Crippen molar-refractivity contribution in [2.24, 2.45) is 0 Å². The summed E-state index contributed by atoms with van der Waals surface area (Å²) in [5.74, 6) is 0. The number of hydrogen-bond acceptors (Lipinski definition) is 3. The number of halogens is 1. The Kier molecular flexibility index (Phi) is 7.00. The number of likely N-dealkylation sites (tertiary alicyclic amines) is 1. The molecule has 1 aromatic rings. The summed E-state index contributed by atoms with van der Waals surface area (Å²) >= 11 is 2.37. The van der Waals surface area contributed by atoms with Gasteiger partial charge in [0.15, 0.2) is 0 Å². The lowest BCUT2D eigenvalue weighted by Crippen LogP contribution is -2.47. The molecule has 2 atom stereocenters. The number of ether oxygens (including phenoxy) is 1. The second kappa shape index (κ2) is 8.60. The van der Waals surface area contributed by atoms with Gasteiger partial charge in [0.25, 0.3) is 0 Å². The van der Waals surface area contributed by atoms with Gasteiger partial charge >= 0.3 is 6.09 Å². The number of nitrogens with zero attached hydrogens (tertiary/aromatic N) is 1. The van der Waals surface area contributed by atoms with Gasteiger partial charge in [0.2, 0.25) is 0 Å². The van der Waals surface area contributed by atoms with E-state index in [9.17, 15) is 4.79 Å². The zero-order valence-corrected chi connectivity index (χ0v) is 18.2. The van der Waals surface area contributed by atoms with Gasteiger partial charge in [-0.05, 0) is 101 Å². The molecular weight excluding hydrogens is 427 g/mol. The predicted molar refractivity (Wildman–Crippen MR) is 112 cm³/mol. The normalized spacial score (nSPS) is 19.4. The van der Waals surface area contributed by atoms with Gasteiger partial charge in [-0.3, -0.25) is 0 Å². The van der Waals surface area contributed by atoms with Crippen molar-refractivity contribution in [2.75, 3.05) is 11.9 Å². The first kappa shape index (κ1) is 20.3. The molecule has 5 heteroatoms. The van der Waals surface area contributed by atoms with E-state index in [4.69, 9.17) is 4.74 Å². The van der Waals surface area contributed by atoms with Crippen LogP contribution in [-0.4, -0.2) is 35.2 Å². The number of carbonyl (C=O) groups is 1. The number of carbonyl (C=O) groups excluding carboxylic acids is 1. The molecule has 1 saturated heterocycles. The van der Waals surface area contributed by atoms with Gasteiger partial charge < -0.3 is 15.0 Å². The Morgan fingerprint density at radius 1 is 1.40 bits per heavy atom. The van der Waals surface area contributed by atoms with E-state index in [2.05, 4.69) is 60.0 Å². The van der Waals surface area contributed by atoms with Crippen LogP contribution in [0, 0.1) is 10.5 Å². The maximum Gasteiger partial charge on any atom is 0.410 e. The summed E-state index contributed by atoms with van der Waals surface area (Å²) in [6.07, 6.45) is 4.06. The molecule has 4 nitrogen and oxygen atoms in total. The zero-order valence-electron chi connectivity index (χ0n) is 16.1. The Labute approximate surface area is 165 Å². The summed E-state index contributed by atoms with van der Waals surface area (Å²) in [6, 6.07) is 6.87. The number of nitrogens with one attached hydrogen (secondary N) is 1. The van der Waals surface area contributed by atoms with E-state index in [0.717, 1.165) is 25.8 Å². The Morgan fingerprint density at radius 3 is 2.80 bits per heavy atom. The first-order valence-corrected chi connectivity index (χ1v) is 10.3. The molecule has 0 spiro atoms. The van der Waals surface area contributed by atoms with Crippen molar-refractivity contribution < 1.29 is 9.53 Å². The van der Waals surface area contributed by atoms with E-state index >= 15 is 0 Å². The highest BCUT2D eigenvalue weighted by Gasteiger charge is 2.31. The molecule has 0 aromatic heterocycles. The molecule has 140 valence electrons. The minimum absolute atomic E-state index is 0.171. The molecule has 1 aromatic carbocycles. The lowest BCUT2D eigenvalue weighted by Gasteiger charge is -2.38. The van der Waals surface area contributed by atoms with Crippen molar-refractivity contribution in [1.29, 1.82) is 0 Å². The number of rotatable bonds is 4. The van der Waals surface area contributed by atoms with Crippen LogP contribution in [0.3, 0.4) is 0 Å². The van der Waals surface area contributed by atoms with Gasteiger partial charge in [-0.25, -0.2) is 4.79 Å². The largest absolute Gasteiger partial charge is 0.444 e. The first-order valence-electron chi connectivity index (χ1n) is 9.18. The molecule has 1 aliphatic heterocycles. The monoisotopic (exact) mass is 458 g/mol. The molecule has 1 heterocycles. The van der Waals surface area contributed by atoms with Crippen LogP contribution in [-0.2, 0) is 4.74 Å². The van der Waals surface area contributed by atoms with E-state index in [1.54, 1.807) is 0 Å². The van der Waals surface area contributed by atoms with Crippen LogP contribution >= 0.6 is 22.6 Å². The molecule has 0 saturated carbocycles. The first-order chi connectivity index (χ1) is 11.7. The van der Waals surface area contributed by atoms with Crippen LogP contribution in [0.5, 0.6) is 0 Å². The summed E-state index contributed by atoms with van der Waals surface area (Å²) < 4.78 is 6.87. The minimum Gasteiger partial charge on any atom is -0.444 e. The Morgan fingerprint density at radius 2 is 2.12 bits per heavy atom. The van der Waals surface area contributed by atoms with Crippen LogP contribution in [0.2, 0.25) is 0 Å². The third kappa shape index (κ3) is 6.04. The molecule has 1 amide bonds. The Hall–Kier alpha value is -0.980. The third-order valence-corrected chi connectivity index (χ3v) is 5.72. The van der Waals surface area contributed by atoms with Gasteiger partial charge in [0, 0.05) is 27.9 Å². The van der Waals surface area contributed by atoms with Gasteiger partial charge in [0.05, 0.1) is 0 Å². The van der Waals surface area contributed by atoms with E-state index in [1.807, 2.05) is 25.7 Å². The zero-order chi connectivity index (χ0) is 18.6. The topological polar surface area (TPSA) is 41.6 Å². The molecule has 1 N–H and O–H groups in total. The SMILES string of the molecule is Cc1c(I)cccc1NC(C)CC1CCCCN1C(=O)OC(C)(C)C. The lowest BCUT2D eigenvalue weighted by molar-refractivity contribution is 0.00852. The van der Waals surface area contributed by atoms with Crippen molar-refractivity contribution >= 4 is 34.4 Å². The van der Waals surface area contributed by atoms with Crippen molar-refractivity contribution in [2.45, 2.75) is 78.0 Å². The van der Waals surface area contributed by atoms with Crippen LogP contribution in [0.15, 0.2) is 18.2 Å². The van der Waals surface area contributed by atoms with Gasteiger partial charge in [-0.15, -0.1) is 0 Å². The predicted octanol–water partition coefficient (Wildman–Crippen LogP) is 5.58. The minimum atomic E-state index is -0.444.